The van der Waals surface area contributed by atoms with Gasteiger partial charge in [-0.2, -0.15) is 10.1 Å². The minimum atomic E-state index is -0.609. The highest BCUT2D eigenvalue weighted by molar-refractivity contribution is 6.26. The van der Waals surface area contributed by atoms with Crippen LogP contribution in [0.3, 0.4) is 0 Å². The molecule has 1 heterocycles. The number of carbonyl (C=O) groups is 2. The van der Waals surface area contributed by atoms with Crippen LogP contribution in [-0.4, -0.2) is 28.0 Å². The molecule has 0 N–H and O–H groups in total. The number of hydrazone groups is 1. The number of rotatable bonds is 3. The normalized spacial score (nSPS) is 13.6. The van der Waals surface area contributed by atoms with E-state index in [2.05, 4.69) is 5.10 Å². The SMILES string of the molecule is Cc1cccc(C=NN2C(=O)c3cccc4c([N+](=O)[O-])ccc(c34)C2=O)c1. The monoisotopic (exact) mass is 359 g/mol. The number of imide groups is 1. The zero-order valence-corrected chi connectivity index (χ0v) is 14.2. The van der Waals surface area contributed by atoms with Crippen molar-refractivity contribution >= 4 is 34.5 Å². The number of amides is 2. The highest BCUT2D eigenvalue weighted by atomic mass is 16.6. The Hall–Kier alpha value is -3.87. The average molecular weight is 359 g/mol. The number of benzene rings is 3. The first-order chi connectivity index (χ1) is 13.0. The van der Waals surface area contributed by atoms with Crippen LogP contribution >= 0.6 is 0 Å². The van der Waals surface area contributed by atoms with Crippen LogP contribution < -0.4 is 0 Å². The smallest absolute Gasteiger partial charge is 0.267 e. The number of nitro benzene ring substituents is 1. The molecule has 0 unspecified atom stereocenters. The highest BCUT2D eigenvalue weighted by Crippen LogP contribution is 2.35. The molecule has 1 aliphatic rings. The fourth-order valence-corrected chi connectivity index (χ4v) is 3.21. The third-order valence-electron chi connectivity index (χ3n) is 4.42. The first-order valence-electron chi connectivity index (χ1n) is 8.17. The number of aryl methyl sites for hydroxylation is 1. The molecule has 132 valence electrons. The van der Waals surface area contributed by atoms with E-state index in [1.54, 1.807) is 12.1 Å². The van der Waals surface area contributed by atoms with E-state index in [9.17, 15) is 19.7 Å². The minimum absolute atomic E-state index is 0.145. The number of carbonyl (C=O) groups excluding carboxylic acids is 2. The number of hydrogen-bond donors (Lipinski definition) is 0. The number of hydrogen-bond acceptors (Lipinski definition) is 5. The van der Waals surface area contributed by atoms with Crippen molar-refractivity contribution in [3.05, 3.63) is 87.0 Å². The van der Waals surface area contributed by atoms with Gasteiger partial charge in [-0.3, -0.25) is 19.7 Å². The average Bonchev–Trinajstić information content (AvgIpc) is 2.65. The molecule has 0 atom stereocenters. The first-order valence-corrected chi connectivity index (χ1v) is 8.17. The fraction of sp³-hybridized carbons (Fsp3) is 0.0500. The fourth-order valence-electron chi connectivity index (χ4n) is 3.21. The number of non-ortho nitro benzene ring substituents is 1. The maximum atomic E-state index is 12.8. The van der Waals surface area contributed by atoms with Crippen LogP contribution in [-0.2, 0) is 0 Å². The molecular weight excluding hydrogens is 346 g/mol. The van der Waals surface area contributed by atoms with E-state index in [4.69, 9.17) is 0 Å². The summed E-state index contributed by atoms with van der Waals surface area (Å²) in [5.41, 5.74) is 2.06. The van der Waals surface area contributed by atoms with Crippen LogP contribution in [0.4, 0.5) is 5.69 Å². The maximum absolute atomic E-state index is 12.8. The zero-order chi connectivity index (χ0) is 19.1. The summed E-state index contributed by atoms with van der Waals surface area (Å²) in [6.45, 7) is 1.93. The zero-order valence-electron chi connectivity index (χ0n) is 14.2. The van der Waals surface area contributed by atoms with Gasteiger partial charge in [-0.15, -0.1) is 0 Å². The molecule has 0 saturated carbocycles. The van der Waals surface area contributed by atoms with E-state index in [1.807, 2.05) is 31.2 Å². The number of nitrogens with zero attached hydrogens (tertiary/aromatic N) is 3. The van der Waals surface area contributed by atoms with Crippen LogP contribution in [0.25, 0.3) is 10.8 Å². The molecule has 7 heteroatoms. The Morgan fingerprint density at radius 1 is 1.00 bits per heavy atom. The van der Waals surface area contributed by atoms with E-state index in [-0.39, 0.29) is 22.2 Å². The molecule has 0 bridgehead atoms. The van der Waals surface area contributed by atoms with E-state index < -0.39 is 16.7 Å². The first kappa shape index (κ1) is 16.6. The second-order valence-corrected chi connectivity index (χ2v) is 6.20. The van der Waals surface area contributed by atoms with E-state index >= 15 is 0 Å². The Bertz CT molecular complexity index is 1140. The molecule has 4 rings (SSSR count). The molecule has 27 heavy (non-hydrogen) atoms. The summed E-state index contributed by atoms with van der Waals surface area (Å²) < 4.78 is 0. The van der Waals surface area contributed by atoms with Crippen LogP contribution in [0.2, 0.25) is 0 Å². The summed E-state index contributed by atoms with van der Waals surface area (Å²) >= 11 is 0. The molecule has 3 aromatic rings. The van der Waals surface area contributed by atoms with Crippen molar-refractivity contribution in [2.24, 2.45) is 5.10 Å². The largest absolute Gasteiger partial charge is 0.282 e. The van der Waals surface area contributed by atoms with Gasteiger partial charge in [0.1, 0.15) is 0 Å². The topological polar surface area (TPSA) is 92.9 Å². The summed E-state index contributed by atoms with van der Waals surface area (Å²) in [5, 5.41) is 16.7. The summed E-state index contributed by atoms with van der Waals surface area (Å²) in [6.07, 6.45) is 1.44. The van der Waals surface area contributed by atoms with Gasteiger partial charge in [-0.25, -0.2) is 0 Å². The van der Waals surface area contributed by atoms with Crippen molar-refractivity contribution < 1.29 is 14.5 Å². The minimum Gasteiger partial charge on any atom is -0.267 e. The van der Waals surface area contributed by atoms with Crippen LogP contribution in [0.5, 0.6) is 0 Å². The predicted octanol–water partition coefficient (Wildman–Crippen LogP) is 3.69. The summed E-state index contributed by atoms with van der Waals surface area (Å²) in [4.78, 5) is 36.3. The summed E-state index contributed by atoms with van der Waals surface area (Å²) in [6, 6.07) is 14.8. The molecule has 3 aromatic carbocycles. The second-order valence-electron chi connectivity index (χ2n) is 6.20. The van der Waals surface area contributed by atoms with Gasteiger partial charge < -0.3 is 0 Å². The van der Waals surface area contributed by atoms with Gasteiger partial charge in [-0.05, 0) is 30.7 Å². The van der Waals surface area contributed by atoms with Gasteiger partial charge in [-0.1, -0.05) is 35.9 Å². The second kappa shape index (κ2) is 6.14. The Labute approximate surface area is 153 Å². The van der Waals surface area contributed by atoms with Crippen molar-refractivity contribution in [1.29, 1.82) is 0 Å². The molecule has 0 fully saturated rings. The van der Waals surface area contributed by atoms with Gasteiger partial charge in [0.25, 0.3) is 17.5 Å². The molecule has 0 spiro atoms. The summed E-state index contributed by atoms with van der Waals surface area (Å²) in [5.74, 6) is -1.22. The van der Waals surface area contributed by atoms with Crippen molar-refractivity contribution in [2.75, 3.05) is 0 Å². The van der Waals surface area contributed by atoms with Crippen LogP contribution in [0.1, 0.15) is 31.8 Å². The van der Waals surface area contributed by atoms with Gasteiger partial charge in [0.05, 0.1) is 27.7 Å². The van der Waals surface area contributed by atoms with Gasteiger partial charge in [0.15, 0.2) is 0 Å². The van der Waals surface area contributed by atoms with Crippen LogP contribution in [0.15, 0.2) is 59.7 Å². The van der Waals surface area contributed by atoms with Gasteiger partial charge in [0, 0.05) is 11.5 Å². The van der Waals surface area contributed by atoms with E-state index in [0.29, 0.717) is 5.39 Å². The lowest BCUT2D eigenvalue weighted by atomic mass is 9.94. The lowest BCUT2D eigenvalue weighted by Gasteiger charge is -2.22. The van der Waals surface area contributed by atoms with Crippen molar-refractivity contribution in [1.82, 2.24) is 5.01 Å². The Kier molecular flexibility index (Phi) is 3.77. The third-order valence-corrected chi connectivity index (χ3v) is 4.42. The highest BCUT2D eigenvalue weighted by Gasteiger charge is 2.34. The van der Waals surface area contributed by atoms with Crippen molar-refractivity contribution in [3.63, 3.8) is 0 Å². The van der Waals surface area contributed by atoms with Crippen molar-refractivity contribution in [2.45, 2.75) is 6.92 Å². The summed E-state index contributed by atoms with van der Waals surface area (Å²) in [7, 11) is 0. The maximum Gasteiger partial charge on any atom is 0.282 e. The lowest BCUT2D eigenvalue weighted by molar-refractivity contribution is -0.383. The van der Waals surface area contributed by atoms with E-state index in [0.717, 1.165) is 16.1 Å². The molecule has 0 radical (unpaired) electrons. The molecule has 7 nitrogen and oxygen atoms in total. The molecule has 1 aliphatic heterocycles. The predicted molar refractivity (Wildman–Crippen MR) is 99.9 cm³/mol. The molecule has 0 aromatic heterocycles. The molecule has 0 saturated heterocycles. The quantitative estimate of drug-likeness (QED) is 0.308. The Morgan fingerprint density at radius 2 is 1.70 bits per heavy atom. The third kappa shape index (κ3) is 2.65. The van der Waals surface area contributed by atoms with Gasteiger partial charge >= 0.3 is 0 Å². The molecule has 0 aliphatic carbocycles. The van der Waals surface area contributed by atoms with Crippen LogP contribution in [0, 0.1) is 17.0 Å². The van der Waals surface area contributed by atoms with Crippen molar-refractivity contribution in [3.8, 4) is 0 Å². The molecule has 2 amide bonds. The molecular formula is C20H13N3O4. The Balaban J connectivity index is 1.83. The lowest BCUT2D eigenvalue weighted by Crippen LogP contribution is -2.36. The standard InChI is InChI=1S/C20H13N3O4/c1-12-4-2-5-13(10-12)11-21-22-19(24)15-7-3-6-14-17(23(26)27)9-8-16(18(14)15)20(22)25/h2-11H,1H3. The van der Waals surface area contributed by atoms with E-state index in [1.165, 1.54) is 24.4 Å². The Morgan fingerprint density at radius 3 is 2.41 bits per heavy atom. The number of nitro groups is 1. The van der Waals surface area contributed by atoms with Gasteiger partial charge in [0.2, 0.25) is 0 Å².